The van der Waals surface area contributed by atoms with Crippen LogP contribution in [0.15, 0.2) is 65.9 Å². The third-order valence-electron chi connectivity index (χ3n) is 4.71. The van der Waals surface area contributed by atoms with Crippen LogP contribution in [0.3, 0.4) is 0 Å². The number of allylic oxidation sites excluding steroid dienone is 1. The summed E-state index contributed by atoms with van der Waals surface area (Å²) in [5.41, 5.74) is 1.81. The fraction of sp³-hybridized carbons (Fsp3) is 0.273. The lowest BCUT2D eigenvalue weighted by molar-refractivity contribution is -0.141. The Labute approximate surface area is 163 Å². The Morgan fingerprint density at radius 1 is 1.07 bits per heavy atom. The molecule has 1 heterocycles. The molecule has 27 heavy (non-hydrogen) atoms. The van der Waals surface area contributed by atoms with Gasteiger partial charge in [-0.1, -0.05) is 61.0 Å². The molecule has 0 aromatic heterocycles. The number of aryl methyl sites for hydroxylation is 1. The SMILES string of the molecule is C[C@H](Cc1ccc(Cl)cc1)C(O)=C1C(=O)O[C@@H](CCc2ccccc2)C1=O. The topological polar surface area (TPSA) is 63.6 Å². The molecule has 2 atom stereocenters. The average molecular weight is 385 g/mol. The van der Waals surface area contributed by atoms with Crippen LogP contribution in [-0.2, 0) is 27.2 Å². The summed E-state index contributed by atoms with van der Waals surface area (Å²) < 4.78 is 5.22. The van der Waals surface area contributed by atoms with Gasteiger partial charge in [0.25, 0.3) is 0 Å². The molecule has 0 radical (unpaired) electrons. The Morgan fingerprint density at radius 3 is 2.41 bits per heavy atom. The highest BCUT2D eigenvalue weighted by atomic mass is 35.5. The zero-order chi connectivity index (χ0) is 19.4. The molecule has 0 spiro atoms. The first-order valence-electron chi connectivity index (χ1n) is 8.92. The summed E-state index contributed by atoms with van der Waals surface area (Å²) in [6.07, 6.45) is 0.676. The summed E-state index contributed by atoms with van der Waals surface area (Å²) in [4.78, 5) is 24.8. The van der Waals surface area contributed by atoms with E-state index in [1.807, 2.05) is 42.5 Å². The van der Waals surface area contributed by atoms with Crippen molar-refractivity contribution in [1.82, 2.24) is 0 Å². The van der Waals surface area contributed by atoms with Crippen LogP contribution in [0.4, 0.5) is 0 Å². The first-order valence-corrected chi connectivity index (χ1v) is 9.30. The minimum absolute atomic E-state index is 0.206. The number of rotatable bonds is 6. The van der Waals surface area contributed by atoms with Crippen LogP contribution in [0.5, 0.6) is 0 Å². The van der Waals surface area contributed by atoms with Crippen LogP contribution in [0.25, 0.3) is 0 Å². The van der Waals surface area contributed by atoms with E-state index in [1.54, 1.807) is 19.1 Å². The average Bonchev–Trinajstić information content (AvgIpc) is 2.95. The van der Waals surface area contributed by atoms with Crippen molar-refractivity contribution < 1.29 is 19.4 Å². The van der Waals surface area contributed by atoms with E-state index in [1.165, 1.54) is 0 Å². The standard InChI is InChI=1S/C22H21ClO4/c1-14(13-16-7-10-17(23)11-8-16)20(24)19-21(25)18(27-22(19)26)12-9-15-5-3-2-4-6-15/h2-8,10-11,14,18,24H,9,12-13H2,1H3/t14-,18+/m1/s1. The van der Waals surface area contributed by atoms with Gasteiger partial charge in [-0.05, 0) is 42.5 Å². The van der Waals surface area contributed by atoms with Gasteiger partial charge in [-0.15, -0.1) is 0 Å². The summed E-state index contributed by atoms with van der Waals surface area (Å²) in [7, 11) is 0. The van der Waals surface area contributed by atoms with Gasteiger partial charge in [0.15, 0.2) is 6.10 Å². The van der Waals surface area contributed by atoms with E-state index in [-0.39, 0.29) is 17.3 Å². The number of carbonyl (C=O) groups is 2. The fourth-order valence-electron chi connectivity index (χ4n) is 3.18. The first-order chi connectivity index (χ1) is 13.0. The minimum Gasteiger partial charge on any atom is -0.511 e. The molecule has 1 N–H and O–H groups in total. The van der Waals surface area contributed by atoms with Crippen molar-refractivity contribution in [2.24, 2.45) is 5.92 Å². The predicted molar refractivity (Wildman–Crippen MR) is 104 cm³/mol. The van der Waals surface area contributed by atoms with E-state index in [4.69, 9.17) is 16.3 Å². The lowest BCUT2D eigenvalue weighted by atomic mass is 9.94. The lowest BCUT2D eigenvalue weighted by Crippen LogP contribution is -2.18. The maximum absolute atomic E-state index is 12.6. The lowest BCUT2D eigenvalue weighted by Gasteiger charge is -2.12. The van der Waals surface area contributed by atoms with Crippen LogP contribution in [0, 0.1) is 5.92 Å². The molecule has 140 valence electrons. The summed E-state index contributed by atoms with van der Waals surface area (Å²) in [5.74, 6) is -1.76. The highest BCUT2D eigenvalue weighted by Gasteiger charge is 2.41. The van der Waals surface area contributed by atoms with Crippen molar-refractivity contribution in [1.29, 1.82) is 0 Å². The second kappa shape index (κ2) is 8.40. The third-order valence-corrected chi connectivity index (χ3v) is 4.96. The Hall–Kier alpha value is -2.59. The van der Waals surface area contributed by atoms with Crippen molar-refractivity contribution in [2.45, 2.75) is 32.3 Å². The molecular formula is C22H21ClO4. The molecule has 1 fully saturated rings. The molecule has 1 saturated heterocycles. The third kappa shape index (κ3) is 4.58. The molecular weight excluding hydrogens is 364 g/mol. The van der Waals surface area contributed by atoms with Crippen molar-refractivity contribution >= 4 is 23.4 Å². The molecule has 0 saturated carbocycles. The first kappa shape index (κ1) is 19.2. The number of aliphatic hydroxyl groups excluding tert-OH is 1. The molecule has 3 rings (SSSR count). The zero-order valence-corrected chi connectivity index (χ0v) is 15.8. The molecule has 0 aliphatic carbocycles. The van der Waals surface area contributed by atoms with Gasteiger partial charge in [0, 0.05) is 10.9 Å². The largest absolute Gasteiger partial charge is 0.511 e. The van der Waals surface area contributed by atoms with Crippen LogP contribution in [0.2, 0.25) is 5.02 Å². The number of halogens is 1. The van der Waals surface area contributed by atoms with Gasteiger partial charge >= 0.3 is 5.97 Å². The number of Topliss-reactive ketones (excluding diaryl/α,β-unsaturated/α-hetero) is 1. The molecule has 4 nitrogen and oxygen atoms in total. The van der Waals surface area contributed by atoms with E-state index < -0.39 is 17.9 Å². The van der Waals surface area contributed by atoms with Gasteiger partial charge in [0.05, 0.1) is 0 Å². The molecule has 2 aromatic rings. The van der Waals surface area contributed by atoms with E-state index in [0.717, 1.165) is 11.1 Å². The van der Waals surface area contributed by atoms with Crippen LogP contribution >= 0.6 is 11.6 Å². The smallest absolute Gasteiger partial charge is 0.346 e. The number of hydrogen-bond acceptors (Lipinski definition) is 4. The Bertz CT molecular complexity index is 856. The fourth-order valence-corrected chi connectivity index (χ4v) is 3.31. The summed E-state index contributed by atoms with van der Waals surface area (Å²) in [6, 6.07) is 16.9. The number of ether oxygens (including phenoxy) is 1. The molecule has 0 amide bonds. The minimum atomic E-state index is -0.836. The van der Waals surface area contributed by atoms with Crippen LogP contribution in [-0.4, -0.2) is 23.0 Å². The van der Waals surface area contributed by atoms with E-state index in [0.29, 0.717) is 24.3 Å². The van der Waals surface area contributed by atoms with Gasteiger partial charge in [0.1, 0.15) is 11.3 Å². The molecule has 0 bridgehead atoms. The predicted octanol–water partition coefficient (Wildman–Crippen LogP) is 4.46. The highest BCUT2D eigenvalue weighted by molar-refractivity contribution is 6.30. The molecule has 0 unspecified atom stereocenters. The Morgan fingerprint density at radius 2 is 1.74 bits per heavy atom. The Balaban J connectivity index is 1.69. The number of ketones is 1. The second-order valence-electron chi connectivity index (χ2n) is 6.77. The quantitative estimate of drug-likeness (QED) is 0.345. The van der Waals surface area contributed by atoms with Gasteiger partial charge in [0.2, 0.25) is 5.78 Å². The monoisotopic (exact) mass is 384 g/mol. The van der Waals surface area contributed by atoms with Crippen molar-refractivity contribution in [3.63, 3.8) is 0 Å². The normalized spacial score (nSPS) is 19.7. The number of benzene rings is 2. The maximum Gasteiger partial charge on any atom is 0.346 e. The maximum atomic E-state index is 12.6. The zero-order valence-electron chi connectivity index (χ0n) is 15.0. The van der Waals surface area contributed by atoms with Crippen LogP contribution in [0.1, 0.15) is 24.5 Å². The second-order valence-corrected chi connectivity index (χ2v) is 7.21. The molecule has 5 heteroatoms. The van der Waals surface area contributed by atoms with Gasteiger partial charge in [-0.2, -0.15) is 0 Å². The highest BCUT2D eigenvalue weighted by Crippen LogP contribution is 2.27. The summed E-state index contributed by atoms with van der Waals surface area (Å²) in [6.45, 7) is 1.77. The number of hydrogen-bond donors (Lipinski definition) is 1. The van der Waals surface area contributed by atoms with Gasteiger partial charge in [-0.25, -0.2) is 4.79 Å². The van der Waals surface area contributed by atoms with Gasteiger partial charge < -0.3 is 9.84 Å². The van der Waals surface area contributed by atoms with Gasteiger partial charge in [-0.3, -0.25) is 4.79 Å². The number of cyclic esters (lactones) is 1. The van der Waals surface area contributed by atoms with Crippen molar-refractivity contribution in [2.75, 3.05) is 0 Å². The van der Waals surface area contributed by atoms with E-state index in [2.05, 4.69) is 0 Å². The summed E-state index contributed by atoms with van der Waals surface area (Å²) >= 11 is 5.88. The number of carbonyl (C=O) groups excluding carboxylic acids is 2. The van der Waals surface area contributed by atoms with E-state index >= 15 is 0 Å². The molecule has 1 aliphatic rings. The van der Waals surface area contributed by atoms with Crippen molar-refractivity contribution in [3.05, 3.63) is 82.1 Å². The molecule has 2 aromatic carbocycles. The number of aliphatic hydroxyl groups is 1. The molecule has 1 aliphatic heterocycles. The number of esters is 1. The van der Waals surface area contributed by atoms with Crippen molar-refractivity contribution in [3.8, 4) is 0 Å². The Kier molecular flexibility index (Phi) is 5.97. The van der Waals surface area contributed by atoms with Crippen LogP contribution < -0.4 is 0 Å². The summed E-state index contributed by atoms with van der Waals surface area (Å²) in [5, 5.41) is 11.1. The van der Waals surface area contributed by atoms with E-state index in [9.17, 15) is 14.7 Å².